The molecular formula is C6H13ClO. The van der Waals surface area contributed by atoms with Crippen molar-refractivity contribution in [3.63, 3.8) is 0 Å². The molecule has 0 aromatic rings. The molecular weight excluding hydrogens is 124 g/mol. The third kappa shape index (κ3) is 9.27. The first-order valence-electron chi connectivity index (χ1n) is 2.50. The monoisotopic (exact) mass is 136 g/mol. The lowest BCUT2D eigenvalue weighted by molar-refractivity contribution is 0.212. The van der Waals surface area contributed by atoms with Gasteiger partial charge in [-0.1, -0.05) is 20.4 Å². The highest BCUT2D eigenvalue weighted by Crippen LogP contribution is 1.90. The first kappa shape index (κ1) is 10.7. The quantitative estimate of drug-likeness (QED) is 0.541. The first-order chi connectivity index (χ1) is 3.27. The van der Waals surface area contributed by atoms with Gasteiger partial charge in [0, 0.05) is 0 Å². The Kier molecular flexibility index (Phi) is 9.17. The van der Waals surface area contributed by atoms with Crippen LogP contribution < -0.4 is 0 Å². The molecule has 8 heavy (non-hydrogen) atoms. The van der Waals surface area contributed by atoms with E-state index in [2.05, 4.69) is 20.4 Å². The van der Waals surface area contributed by atoms with E-state index in [1.165, 1.54) is 6.26 Å². The smallest absolute Gasteiger partial charge is 0.0895 e. The summed E-state index contributed by atoms with van der Waals surface area (Å²) in [6, 6.07) is 0. The van der Waals surface area contributed by atoms with E-state index in [1.54, 1.807) is 0 Å². The van der Waals surface area contributed by atoms with E-state index in [0.29, 0.717) is 5.92 Å². The minimum absolute atomic E-state index is 0. The Morgan fingerprint density at radius 1 is 1.62 bits per heavy atom. The number of hydrogen-bond acceptors (Lipinski definition) is 1. The molecule has 0 saturated carbocycles. The summed E-state index contributed by atoms with van der Waals surface area (Å²) in [5.41, 5.74) is 0. The lowest BCUT2D eigenvalue weighted by Gasteiger charge is -2.00. The van der Waals surface area contributed by atoms with Crippen molar-refractivity contribution in [1.82, 2.24) is 0 Å². The molecule has 0 fully saturated rings. The normalized spacial score (nSPS) is 7.88. The third-order valence-electron chi connectivity index (χ3n) is 0.547. The Morgan fingerprint density at radius 2 is 2.12 bits per heavy atom. The van der Waals surface area contributed by atoms with E-state index in [0.717, 1.165) is 6.61 Å². The van der Waals surface area contributed by atoms with E-state index < -0.39 is 0 Å². The fraction of sp³-hybridized carbons (Fsp3) is 0.667. The van der Waals surface area contributed by atoms with Crippen molar-refractivity contribution in [2.24, 2.45) is 5.92 Å². The predicted molar refractivity (Wildman–Crippen MR) is 38.2 cm³/mol. The van der Waals surface area contributed by atoms with Gasteiger partial charge in [0.2, 0.25) is 0 Å². The van der Waals surface area contributed by atoms with Crippen molar-refractivity contribution in [2.45, 2.75) is 13.8 Å². The summed E-state index contributed by atoms with van der Waals surface area (Å²) in [5.74, 6) is 0.609. The van der Waals surface area contributed by atoms with Crippen LogP contribution in [0.1, 0.15) is 13.8 Å². The molecule has 0 amide bonds. The number of halogens is 1. The van der Waals surface area contributed by atoms with Crippen LogP contribution in [0.4, 0.5) is 0 Å². The van der Waals surface area contributed by atoms with Gasteiger partial charge in [0.1, 0.15) is 0 Å². The van der Waals surface area contributed by atoms with Crippen molar-refractivity contribution < 1.29 is 4.74 Å². The molecule has 0 heterocycles. The van der Waals surface area contributed by atoms with Crippen LogP contribution in [0.3, 0.4) is 0 Å². The highest BCUT2D eigenvalue weighted by atomic mass is 35.5. The zero-order valence-electron chi connectivity index (χ0n) is 5.39. The summed E-state index contributed by atoms with van der Waals surface area (Å²) in [6.45, 7) is 8.39. The molecule has 0 aromatic heterocycles. The molecule has 0 aromatic carbocycles. The van der Waals surface area contributed by atoms with E-state index in [-0.39, 0.29) is 12.4 Å². The molecule has 0 rings (SSSR count). The van der Waals surface area contributed by atoms with Crippen LogP contribution in [-0.4, -0.2) is 6.61 Å². The van der Waals surface area contributed by atoms with Gasteiger partial charge in [-0.2, -0.15) is 0 Å². The van der Waals surface area contributed by atoms with Gasteiger partial charge in [-0.3, -0.25) is 0 Å². The first-order valence-corrected chi connectivity index (χ1v) is 2.50. The van der Waals surface area contributed by atoms with Gasteiger partial charge < -0.3 is 4.74 Å². The zero-order valence-corrected chi connectivity index (χ0v) is 6.20. The highest BCUT2D eigenvalue weighted by Gasteiger charge is 1.87. The lowest BCUT2D eigenvalue weighted by atomic mass is 10.2. The van der Waals surface area contributed by atoms with E-state index in [4.69, 9.17) is 4.74 Å². The molecule has 2 heteroatoms. The molecule has 50 valence electrons. The second-order valence-electron chi connectivity index (χ2n) is 1.89. The maximum absolute atomic E-state index is 4.86. The van der Waals surface area contributed by atoms with Crippen LogP contribution in [0.5, 0.6) is 0 Å². The molecule has 0 N–H and O–H groups in total. The van der Waals surface area contributed by atoms with Crippen molar-refractivity contribution >= 4 is 12.4 Å². The van der Waals surface area contributed by atoms with Crippen molar-refractivity contribution in [1.29, 1.82) is 0 Å². The van der Waals surface area contributed by atoms with Crippen LogP contribution in [-0.2, 0) is 4.74 Å². The van der Waals surface area contributed by atoms with Gasteiger partial charge in [0.15, 0.2) is 0 Å². The molecule has 0 aliphatic rings. The molecule has 0 bridgehead atoms. The van der Waals surface area contributed by atoms with Crippen molar-refractivity contribution in [3.8, 4) is 0 Å². The lowest BCUT2D eigenvalue weighted by Crippen LogP contribution is -1.95. The minimum atomic E-state index is 0. The Hall–Kier alpha value is -0.170. The fourth-order valence-electron chi connectivity index (χ4n) is 0.260. The highest BCUT2D eigenvalue weighted by molar-refractivity contribution is 5.85. The average molecular weight is 137 g/mol. The summed E-state index contributed by atoms with van der Waals surface area (Å²) in [5, 5.41) is 0. The second-order valence-corrected chi connectivity index (χ2v) is 1.89. The maximum atomic E-state index is 4.86. The van der Waals surface area contributed by atoms with Crippen LogP contribution in [0.25, 0.3) is 0 Å². The molecule has 0 saturated heterocycles. The Bertz CT molecular complexity index is 52.5. The van der Waals surface area contributed by atoms with Gasteiger partial charge in [-0.25, -0.2) is 0 Å². The molecule has 1 nitrogen and oxygen atoms in total. The molecule has 0 spiro atoms. The molecule has 0 atom stereocenters. The standard InChI is InChI=1S/C6H12O.ClH/c1-4-7-5-6(2)3;/h4,6H,1,5H2,2-3H3;1H. The minimum Gasteiger partial charge on any atom is -0.502 e. The molecule has 0 radical (unpaired) electrons. The predicted octanol–water partition coefficient (Wildman–Crippen LogP) is 2.22. The van der Waals surface area contributed by atoms with Crippen molar-refractivity contribution in [2.75, 3.05) is 6.61 Å². The van der Waals surface area contributed by atoms with Crippen LogP contribution in [0.2, 0.25) is 0 Å². The van der Waals surface area contributed by atoms with E-state index in [9.17, 15) is 0 Å². The van der Waals surface area contributed by atoms with Crippen LogP contribution >= 0.6 is 12.4 Å². The number of hydrogen-bond donors (Lipinski definition) is 0. The number of rotatable bonds is 3. The SMILES string of the molecule is C=COCC(C)C.Cl. The van der Waals surface area contributed by atoms with Gasteiger partial charge in [0.25, 0.3) is 0 Å². The van der Waals surface area contributed by atoms with Gasteiger partial charge >= 0.3 is 0 Å². The summed E-state index contributed by atoms with van der Waals surface area (Å²) in [7, 11) is 0. The van der Waals surface area contributed by atoms with E-state index >= 15 is 0 Å². The second kappa shape index (κ2) is 6.83. The van der Waals surface area contributed by atoms with E-state index in [1.807, 2.05) is 0 Å². The van der Waals surface area contributed by atoms with Crippen LogP contribution in [0, 0.1) is 5.92 Å². The average Bonchev–Trinajstić information content (AvgIpc) is 1.61. The molecule has 0 unspecified atom stereocenters. The Balaban J connectivity index is 0. The Morgan fingerprint density at radius 3 is 2.25 bits per heavy atom. The summed E-state index contributed by atoms with van der Waals surface area (Å²) < 4.78 is 4.86. The van der Waals surface area contributed by atoms with Gasteiger partial charge in [-0.05, 0) is 5.92 Å². The molecule has 0 aliphatic heterocycles. The number of ether oxygens (including phenoxy) is 1. The summed E-state index contributed by atoms with van der Waals surface area (Å²) in [4.78, 5) is 0. The third-order valence-corrected chi connectivity index (χ3v) is 0.547. The summed E-state index contributed by atoms with van der Waals surface area (Å²) in [6.07, 6.45) is 1.47. The summed E-state index contributed by atoms with van der Waals surface area (Å²) >= 11 is 0. The topological polar surface area (TPSA) is 9.23 Å². The van der Waals surface area contributed by atoms with Crippen molar-refractivity contribution in [3.05, 3.63) is 12.8 Å². The largest absolute Gasteiger partial charge is 0.502 e. The fourth-order valence-corrected chi connectivity index (χ4v) is 0.260. The maximum Gasteiger partial charge on any atom is 0.0895 e. The van der Waals surface area contributed by atoms with Gasteiger partial charge in [-0.15, -0.1) is 12.4 Å². The molecule has 0 aliphatic carbocycles. The zero-order chi connectivity index (χ0) is 5.70. The van der Waals surface area contributed by atoms with Crippen LogP contribution in [0.15, 0.2) is 12.8 Å². The van der Waals surface area contributed by atoms with Gasteiger partial charge in [0.05, 0.1) is 12.9 Å². The Labute approximate surface area is 57.1 Å².